The van der Waals surface area contributed by atoms with Crippen LogP contribution in [0.2, 0.25) is 0 Å². The number of amides is 3. The number of ketones is 1. The van der Waals surface area contributed by atoms with Crippen LogP contribution in [0.3, 0.4) is 0 Å². The molecule has 170 valence electrons. The van der Waals surface area contributed by atoms with E-state index in [9.17, 15) is 14.4 Å². The summed E-state index contributed by atoms with van der Waals surface area (Å²) < 4.78 is 0. The van der Waals surface area contributed by atoms with Crippen molar-refractivity contribution < 1.29 is 14.4 Å². The maximum atomic E-state index is 13.1. The average Bonchev–Trinajstić information content (AvgIpc) is 2.60. The topological polar surface area (TPSA) is 113 Å². The normalized spacial score (nSPS) is 14.4. The van der Waals surface area contributed by atoms with Crippen molar-refractivity contribution >= 4 is 17.7 Å². The first-order valence-electron chi connectivity index (χ1n) is 10.9. The summed E-state index contributed by atoms with van der Waals surface area (Å²) in [6.07, 6.45) is 3.67. The molecule has 0 aromatic rings. The van der Waals surface area contributed by atoms with E-state index in [4.69, 9.17) is 5.73 Å². The molecule has 2 unspecified atom stereocenters. The lowest BCUT2D eigenvalue weighted by Gasteiger charge is -2.35. The third-order valence-electron chi connectivity index (χ3n) is 5.52. The van der Waals surface area contributed by atoms with Crippen molar-refractivity contribution in [2.24, 2.45) is 17.1 Å². The first-order valence-corrected chi connectivity index (χ1v) is 10.9. The maximum Gasteiger partial charge on any atom is 0.312 e. The van der Waals surface area contributed by atoms with E-state index < -0.39 is 17.5 Å². The predicted molar refractivity (Wildman–Crippen MR) is 119 cm³/mol. The first-order chi connectivity index (χ1) is 13.3. The number of hydrogen-bond acceptors (Lipinski definition) is 4. The Labute approximate surface area is 177 Å². The van der Waals surface area contributed by atoms with E-state index in [1.54, 1.807) is 0 Å². The number of rotatable bonds is 14. The van der Waals surface area contributed by atoms with Crippen LogP contribution in [0.1, 0.15) is 87.5 Å². The maximum absolute atomic E-state index is 13.1. The molecule has 0 aliphatic carbocycles. The Kier molecular flexibility index (Phi) is 11.5. The van der Waals surface area contributed by atoms with E-state index in [0.717, 1.165) is 12.8 Å². The Bertz CT molecular complexity index is 544. The highest BCUT2D eigenvalue weighted by Crippen LogP contribution is 2.24. The van der Waals surface area contributed by atoms with Crippen molar-refractivity contribution in [1.82, 2.24) is 16.0 Å². The van der Waals surface area contributed by atoms with E-state index in [0.29, 0.717) is 25.8 Å². The monoisotopic (exact) mass is 412 g/mol. The summed E-state index contributed by atoms with van der Waals surface area (Å²) in [7, 11) is 0. The second-order valence-corrected chi connectivity index (χ2v) is 9.60. The van der Waals surface area contributed by atoms with Gasteiger partial charge in [-0.15, -0.1) is 0 Å². The molecule has 0 spiro atoms. The van der Waals surface area contributed by atoms with E-state index >= 15 is 0 Å². The van der Waals surface area contributed by atoms with Crippen LogP contribution in [0.5, 0.6) is 0 Å². The van der Waals surface area contributed by atoms with Gasteiger partial charge in [-0.05, 0) is 45.4 Å². The summed E-state index contributed by atoms with van der Waals surface area (Å²) in [5.41, 5.74) is 4.40. The molecule has 0 saturated carbocycles. The third kappa shape index (κ3) is 10.1. The molecule has 0 radical (unpaired) electrons. The highest BCUT2D eigenvalue weighted by Gasteiger charge is 2.35. The van der Waals surface area contributed by atoms with Gasteiger partial charge in [0, 0.05) is 17.5 Å². The molecular formula is C22H44N4O3. The molecule has 0 saturated heterocycles. The fourth-order valence-electron chi connectivity index (χ4n) is 3.35. The van der Waals surface area contributed by atoms with Crippen molar-refractivity contribution in [1.29, 1.82) is 0 Å². The van der Waals surface area contributed by atoms with Crippen LogP contribution in [0.25, 0.3) is 0 Å². The summed E-state index contributed by atoms with van der Waals surface area (Å²) in [5, 5.41) is 9.01. The number of Topliss-reactive ketones (excluding diaryl/α,β-unsaturated/α-hetero) is 1. The van der Waals surface area contributed by atoms with Crippen LogP contribution in [0, 0.1) is 11.3 Å². The van der Waals surface area contributed by atoms with Gasteiger partial charge in [0.15, 0.2) is 5.78 Å². The van der Waals surface area contributed by atoms with Gasteiger partial charge >= 0.3 is 6.03 Å². The van der Waals surface area contributed by atoms with Gasteiger partial charge in [-0.2, -0.15) is 0 Å². The molecule has 0 heterocycles. The number of hydrogen-bond donors (Lipinski definition) is 4. The summed E-state index contributed by atoms with van der Waals surface area (Å²) in [4.78, 5) is 37.1. The minimum absolute atomic E-state index is 0.0164. The fourth-order valence-corrected chi connectivity index (χ4v) is 3.35. The molecule has 2 atom stereocenters. The van der Waals surface area contributed by atoms with Gasteiger partial charge < -0.3 is 21.7 Å². The molecule has 0 aromatic carbocycles. The Morgan fingerprint density at radius 1 is 1.03 bits per heavy atom. The molecule has 29 heavy (non-hydrogen) atoms. The molecule has 0 fully saturated rings. The van der Waals surface area contributed by atoms with Gasteiger partial charge in [-0.3, -0.25) is 9.59 Å². The molecule has 0 rings (SSSR count). The lowest BCUT2D eigenvalue weighted by Crippen LogP contribution is -2.58. The zero-order valence-electron chi connectivity index (χ0n) is 19.8. The van der Waals surface area contributed by atoms with Crippen LogP contribution in [0.4, 0.5) is 4.79 Å². The van der Waals surface area contributed by atoms with Crippen molar-refractivity contribution in [2.75, 3.05) is 6.54 Å². The lowest BCUT2D eigenvalue weighted by molar-refractivity contribution is -0.134. The molecule has 0 aliphatic rings. The second-order valence-electron chi connectivity index (χ2n) is 9.60. The molecule has 5 N–H and O–H groups in total. The quantitative estimate of drug-likeness (QED) is 0.328. The van der Waals surface area contributed by atoms with Crippen LogP contribution >= 0.6 is 0 Å². The Morgan fingerprint density at radius 2 is 1.62 bits per heavy atom. The lowest BCUT2D eigenvalue weighted by atomic mass is 9.80. The van der Waals surface area contributed by atoms with E-state index in [2.05, 4.69) is 36.7 Å². The van der Waals surface area contributed by atoms with Gasteiger partial charge in [-0.25, -0.2) is 4.79 Å². The second kappa shape index (κ2) is 12.2. The highest BCUT2D eigenvalue weighted by atomic mass is 16.2. The van der Waals surface area contributed by atoms with E-state index in [-0.39, 0.29) is 29.2 Å². The number of primary amides is 1. The van der Waals surface area contributed by atoms with Gasteiger partial charge in [0.2, 0.25) is 5.91 Å². The Balaban J connectivity index is 5.35. The summed E-state index contributed by atoms with van der Waals surface area (Å²) in [5.74, 6) is -0.0577. The number of urea groups is 1. The molecular weight excluding hydrogens is 368 g/mol. The minimum Gasteiger partial charge on any atom is -0.352 e. The largest absolute Gasteiger partial charge is 0.352 e. The van der Waals surface area contributed by atoms with E-state index in [1.165, 1.54) is 0 Å². The number of nitrogens with one attached hydrogen (secondary N) is 3. The summed E-state index contributed by atoms with van der Waals surface area (Å²) in [6, 6.07) is -1.57. The highest BCUT2D eigenvalue weighted by molar-refractivity contribution is 5.93. The van der Waals surface area contributed by atoms with E-state index in [1.807, 2.05) is 34.6 Å². The fraction of sp³-hybridized carbons (Fsp3) is 0.864. The van der Waals surface area contributed by atoms with Crippen molar-refractivity contribution in [3.8, 4) is 0 Å². The van der Waals surface area contributed by atoms with Crippen molar-refractivity contribution in [3.05, 3.63) is 0 Å². The van der Waals surface area contributed by atoms with Crippen LogP contribution < -0.4 is 21.7 Å². The molecule has 0 aliphatic heterocycles. The third-order valence-corrected chi connectivity index (χ3v) is 5.52. The SMILES string of the molecule is CCCC(C)(C)NC(C(=O)NC(CCCNC(N)=O)C(=O)C(C)(C)CC)C(C)C. The predicted octanol–water partition coefficient (Wildman–Crippen LogP) is 3.12. The Morgan fingerprint density at radius 3 is 2.07 bits per heavy atom. The summed E-state index contributed by atoms with van der Waals surface area (Å²) in [6.45, 7) is 16.5. The first kappa shape index (κ1) is 27.4. The number of carbonyl (C=O) groups excluding carboxylic acids is 3. The zero-order valence-corrected chi connectivity index (χ0v) is 19.8. The zero-order chi connectivity index (χ0) is 22.8. The smallest absolute Gasteiger partial charge is 0.312 e. The Hall–Kier alpha value is -1.63. The van der Waals surface area contributed by atoms with Crippen LogP contribution in [0.15, 0.2) is 0 Å². The van der Waals surface area contributed by atoms with Crippen LogP contribution in [-0.2, 0) is 9.59 Å². The summed E-state index contributed by atoms with van der Waals surface area (Å²) >= 11 is 0. The minimum atomic E-state index is -0.593. The van der Waals surface area contributed by atoms with Gasteiger partial charge in [0.1, 0.15) is 0 Å². The van der Waals surface area contributed by atoms with Crippen LogP contribution in [-0.4, -0.2) is 41.9 Å². The average molecular weight is 413 g/mol. The number of nitrogens with two attached hydrogens (primary N) is 1. The number of carbonyl (C=O) groups is 3. The molecule has 0 bridgehead atoms. The van der Waals surface area contributed by atoms with Gasteiger partial charge in [-0.1, -0.05) is 48.0 Å². The molecule has 0 aromatic heterocycles. The van der Waals surface area contributed by atoms with Gasteiger partial charge in [0.05, 0.1) is 12.1 Å². The van der Waals surface area contributed by atoms with Crippen molar-refractivity contribution in [3.63, 3.8) is 0 Å². The molecule has 7 nitrogen and oxygen atoms in total. The molecule has 7 heteroatoms. The van der Waals surface area contributed by atoms with Crippen molar-refractivity contribution in [2.45, 2.75) is 105 Å². The standard InChI is InChI=1S/C22H44N4O3/c1-9-13-22(7,8)26-17(15(3)4)19(28)25-16(12-11-14-24-20(23)29)18(27)21(5,6)10-2/h15-17,26H,9-14H2,1-8H3,(H,25,28)(H3,23,24,29). The van der Waals surface area contributed by atoms with Gasteiger partial charge in [0.25, 0.3) is 0 Å². The molecule has 3 amide bonds.